The largest absolute Gasteiger partial charge is 0.384 e. The highest BCUT2D eigenvalue weighted by molar-refractivity contribution is 5.97. The highest BCUT2D eigenvalue weighted by atomic mass is 15.3. The zero-order valence-corrected chi connectivity index (χ0v) is 11.5. The van der Waals surface area contributed by atoms with Crippen LogP contribution in [0, 0.1) is 13.8 Å². The van der Waals surface area contributed by atoms with Gasteiger partial charge in [0.15, 0.2) is 0 Å². The minimum absolute atomic E-state index is 0.606. The number of aryl methyl sites for hydroxylation is 3. The average molecular weight is 256 g/mol. The normalized spacial score (nSPS) is 11.8. The molecule has 1 aromatic carbocycles. The molecule has 0 aliphatic heterocycles. The Kier molecular flexibility index (Phi) is 4.34. The Balaban J connectivity index is 1.85. The van der Waals surface area contributed by atoms with Crippen molar-refractivity contribution < 1.29 is 0 Å². The number of rotatable bonds is 5. The van der Waals surface area contributed by atoms with Crippen LogP contribution in [0.25, 0.3) is 0 Å². The van der Waals surface area contributed by atoms with Crippen molar-refractivity contribution in [2.75, 3.05) is 6.54 Å². The number of hydrogen-bond donors (Lipinski definition) is 1. The third-order valence-corrected chi connectivity index (χ3v) is 2.98. The SMILES string of the molecule is Cc1cc(C)n(CCCN=C(N)c2ccccc2)n1. The lowest BCUT2D eigenvalue weighted by Crippen LogP contribution is -2.14. The summed E-state index contributed by atoms with van der Waals surface area (Å²) in [4.78, 5) is 4.40. The van der Waals surface area contributed by atoms with Crippen LogP contribution in [0.15, 0.2) is 41.4 Å². The maximum absolute atomic E-state index is 5.94. The number of aliphatic imine (C=N–C) groups is 1. The second kappa shape index (κ2) is 6.18. The van der Waals surface area contributed by atoms with E-state index in [1.165, 1.54) is 5.69 Å². The second-order valence-corrected chi connectivity index (χ2v) is 4.64. The fraction of sp³-hybridized carbons (Fsp3) is 0.333. The van der Waals surface area contributed by atoms with Crippen LogP contribution in [-0.4, -0.2) is 22.2 Å². The molecule has 0 unspecified atom stereocenters. The first-order valence-electron chi connectivity index (χ1n) is 6.53. The van der Waals surface area contributed by atoms with Crippen molar-refractivity contribution >= 4 is 5.84 Å². The molecule has 2 N–H and O–H groups in total. The zero-order valence-electron chi connectivity index (χ0n) is 11.5. The van der Waals surface area contributed by atoms with E-state index in [9.17, 15) is 0 Å². The minimum Gasteiger partial charge on any atom is -0.384 e. The van der Waals surface area contributed by atoms with Crippen molar-refractivity contribution in [1.82, 2.24) is 9.78 Å². The van der Waals surface area contributed by atoms with Crippen LogP contribution in [0.5, 0.6) is 0 Å². The fourth-order valence-electron chi connectivity index (χ4n) is 2.02. The third-order valence-electron chi connectivity index (χ3n) is 2.98. The molecule has 19 heavy (non-hydrogen) atoms. The molecule has 0 atom stereocenters. The van der Waals surface area contributed by atoms with Crippen LogP contribution >= 0.6 is 0 Å². The van der Waals surface area contributed by atoms with E-state index in [2.05, 4.69) is 23.1 Å². The summed E-state index contributed by atoms with van der Waals surface area (Å²) >= 11 is 0. The first-order chi connectivity index (χ1) is 9.16. The van der Waals surface area contributed by atoms with Crippen LogP contribution in [-0.2, 0) is 6.54 Å². The highest BCUT2D eigenvalue weighted by Crippen LogP contribution is 2.03. The van der Waals surface area contributed by atoms with Gasteiger partial charge >= 0.3 is 0 Å². The molecule has 0 bridgehead atoms. The fourth-order valence-corrected chi connectivity index (χ4v) is 2.02. The molecule has 1 aromatic heterocycles. The molecule has 2 aromatic rings. The quantitative estimate of drug-likeness (QED) is 0.507. The Morgan fingerprint density at radius 2 is 2.00 bits per heavy atom. The standard InChI is InChI=1S/C15H20N4/c1-12-11-13(2)19(18-12)10-6-9-17-15(16)14-7-4-3-5-8-14/h3-5,7-8,11H,6,9-10H2,1-2H3,(H2,16,17). The number of amidine groups is 1. The summed E-state index contributed by atoms with van der Waals surface area (Å²) in [5, 5.41) is 4.42. The topological polar surface area (TPSA) is 56.2 Å². The molecule has 0 spiro atoms. The lowest BCUT2D eigenvalue weighted by molar-refractivity contribution is 0.568. The van der Waals surface area contributed by atoms with E-state index in [4.69, 9.17) is 5.73 Å². The van der Waals surface area contributed by atoms with E-state index >= 15 is 0 Å². The van der Waals surface area contributed by atoms with Crippen molar-refractivity contribution in [2.45, 2.75) is 26.8 Å². The molecule has 0 aliphatic rings. The number of benzene rings is 1. The van der Waals surface area contributed by atoms with E-state index in [0.717, 1.165) is 30.8 Å². The number of hydrogen-bond acceptors (Lipinski definition) is 2. The maximum Gasteiger partial charge on any atom is 0.125 e. The summed E-state index contributed by atoms with van der Waals surface area (Å²) in [5.74, 6) is 0.606. The van der Waals surface area contributed by atoms with Gasteiger partial charge in [0.25, 0.3) is 0 Å². The first kappa shape index (κ1) is 13.3. The monoisotopic (exact) mass is 256 g/mol. The van der Waals surface area contributed by atoms with Gasteiger partial charge < -0.3 is 5.73 Å². The van der Waals surface area contributed by atoms with Gasteiger partial charge in [0.05, 0.1) is 5.69 Å². The van der Waals surface area contributed by atoms with Crippen LogP contribution in [0.3, 0.4) is 0 Å². The van der Waals surface area contributed by atoms with Crippen LogP contribution in [0.4, 0.5) is 0 Å². The van der Waals surface area contributed by atoms with Crippen LogP contribution < -0.4 is 5.73 Å². The molecule has 0 fully saturated rings. The van der Waals surface area contributed by atoms with Crippen molar-refractivity contribution in [2.24, 2.45) is 10.7 Å². The van der Waals surface area contributed by atoms with Gasteiger partial charge in [0.2, 0.25) is 0 Å². The zero-order chi connectivity index (χ0) is 13.7. The van der Waals surface area contributed by atoms with Gasteiger partial charge in [0.1, 0.15) is 5.84 Å². The van der Waals surface area contributed by atoms with Crippen molar-refractivity contribution in [3.05, 3.63) is 53.3 Å². The third kappa shape index (κ3) is 3.68. The summed E-state index contributed by atoms with van der Waals surface area (Å²) < 4.78 is 2.02. The molecule has 100 valence electrons. The number of nitrogens with zero attached hydrogens (tertiary/aromatic N) is 3. The predicted octanol–water partition coefficient (Wildman–Crippen LogP) is 2.30. The van der Waals surface area contributed by atoms with Crippen LogP contribution in [0.1, 0.15) is 23.4 Å². The van der Waals surface area contributed by atoms with Crippen molar-refractivity contribution in [1.29, 1.82) is 0 Å². The lowest BCUT2D eigenvalue weighted by atomic mass is 10.2. The summed E-state index contributed by atoms with van der Waals surface area (Å²) in [7, 11) is 0. The van der Waals surface area contributed by atoms with Crippen molar-refractivity contribution in [3.8, 4) is 0 Å². The number of nitrogens with two attached hydrogens (primary N) is 1. The van der Waals surface area contributed by atoms with Gasteiger partial charge in [-0.15, -0.1) is 0 Å². The molecular formula is C15H20N4. The average Bonchev–Trinajstić information content (AvgIpc) is 2.74. The molecule has 1 heterocycles. The molecule has 4 heteroatoms. The van der Waals surface area contributed by atoms with E-state index in [1.807, 2.05) is 41.9 Å². The summed E-state index contributed by atoms with van der Waals surface area (Å²) in [6, 6.07) is 11.9. The Hall–Kier alpha value is -2.10. The Bertz CT molecular complexity index is 555. The summed E-state index contributed by atoms with van der Waals surface area (Å²) in [6.07, 6.45) is 0.940. The second-order valence-electron chi connectivity index (χ2n) is 4.64. The van der Waals surface area contributed by atoms with Gasteiger partial charge in [-0.2, -0.15) is 5.10 Å². The molecule has 0 saturated heterocycles. The van der Waals surface area contributed by atoms with Gasteiger partial charge in [-0.1, -0.05) is 30.3 Å². The molecule has 0 amide bonds. The van der Waals surface area contributed by atoms with Gasteiger partial charge in [-0.05, 0) is 26.3 Å². The smallest absolute Gasteiger partial charge is 0.125 e. The van der Waals surface area contributed by atoms with E-state index in [1.54, 1.807) is 0 Å². The Morgan fingerprint density at radius 3 is 2.63 bits per heavy atom. The predicted molar refractivity (Wildman–Crippen MR) is 78.4 cm³/mol. The molecule has 0 saturated carbocycles. The molecule has 2 rings (SSSR count). The molecule has 0 radical (unpaired) electrons. The Morgan fingerprint density at radius 1 is 1.26 bits per heavy atom. The molecule has 0 aliphatic carbocycles. The summed E-state index contributed by atoms with van der Waals surface area (Å²) in [5.41, 5.74) is 9.17. The first-order valence-corrected chi connectivity index (χ1v) is 6.53. The Labute approximate surface area is 114 Å². The van der Waals surface area contributed by atoms with E-state index in [0.29, 0.717) is 5.84 Å². The molecule has 4 nitrogen and oxygen atoms in total. The van der Waals surface area contributed by atoms with Crippen molar-refractivity contribution in [3.63, 3.8) is 0 Å². The lowest BCUT2D eigenvalue weighted by Gasteiger charge is -2.03. The highest BCUT2D eigenvalue weighted by Gasteiger charge is 2.00. The van der Waals surface area contributed by atoms with E-state index < -0.39 is 0 Å². The maximum atomic E-state index is 5.94. The molecular weight excluding hydrogens is 236 g/mol. The number of aromatic nitrogens is 2. The summed E-state index contributed by atoms with van der Waals surface area (Å²) in [6.45, 7) is 5.68. The van der Waals surface area contributed by atoms with E-state index in [-0.39, 0.29) is 0 Å². The minimum atomic E-state index is 0.606. The van der Waals surface area contributed by atoms with Gasteiger partial charge in [-0.3, -0.25) is 9.67 Å². The van der Waals surface area contributed by atoms with Crippen LogP contribution in [0.2, 0.25) is 0 Å². The van der Waals surface area contributed by atoms with Gasteiger partial charge in [-0.25, -0.2) is 0 Å². The van der Waals surface area contributed by atoms with Gasteiger partial charge in [0, 0.05) is 24.3 Å².